The van der Waals surface area contributed by atoms with Crippen LogP contribution in [-0.4, -0.2) is 23.6 Å². The molecular weight excluding hydrogens is 406 g/mol. The Labute approximate surface area is 157 Å². The molecule has 0 aromatic heterocycles. The lowest BCUT2D eigenvalue weighted by Gasteiger charge is -2.06. The molecule has 2 aliphatic heterocycles. The van der Waals surface area contributed by atoms with Gasteiger partial charge < -0.3 is 15.5 Å². The summed E-state index contributed by atoms with van der Waals surface area (Å²) < 4.78 is 0. The molecule has 0 fully saturated rings. The summed E-state index contributed by atoms with van der Waals surface area (Å²) in [6.07, 6.45) is 0. The molecule has 0 saturated heterocycles. The topological polar surface area (TPSA) is 62.7 Å². The highest BCUT2D eigenvalue weighted by atomic mass is 79.9. The smallest absolute Gasteiger partial charge is 0.258 e. The standard InChI is InChI=1S/C18H13BrClN3O2/c19-7-8-25-23-16-11-3-1-2-4-13(11)21-17(16)15-12-9-10(20)5-6-14(12)22-18(15)24/h1-6,9,21H,7-8H2,(H,22,24)/b17-15-,23-16+. The highest BCUT2D eigenvalue weighted by molar-refractivity contribution is 9.09. The zero-order valence-electron chi connectivity index (χ0n) is 13.0. The Morgan fingerprint density at radius 1 is 1.08 bits per heavy atom. The van der Waals surface area contributed by atoms with Gasteiger partial charge in [0, 0.05) is 32.9 Å². The van der Waals surface area contributed by atoms with E-state index in [1.807, 2.05) is 24.3 Å². The van der Waals surface area contributed by atoms with Crippen molar-refractivity contribution in [2.45, 2.75) is 0 Å². The van der Waals surface area contributed by atoms with Crippen LogP contribution in [0.3, 0.4) is 0 Å². The average Bonchev–Trinajstić information content (AvgIpc) is 3.11. The molecule has 0 atom stereocenters. The van der Waals surface area contributed by atoms with Crippen molar-refractivity contribution in [3.63, 3.8) is 0 Å². The molecule has 2 aromatic carbocycles. The van der Waals surface area contributed by atoms with Crippen LogP contribution >= 0.6 is 27.5 Å². The number of rotatable bonds is 3. The predicted molar refractivity (Wildman–Crippen MR) is 103 cm³/mol. The molecule has 2 N–H and O–H groups in total. The summed E-state index contributed by atoms with van der Waals surface area (Å²) in [6, 6.07) is 13.1. The van der Waals surface area contributed by atoms with Crippen LogP contribution in [-0.2, 0) is 9.63 Å². The number of benzene rings is 2. The maximum Gasteiger partial charge on any atom is 0.258 e. The molecular formula is C18H13BrClN3O2. The van der Waals surface area contributed by atoms with Gasteiger partial charge in [-0.05, 0) is 24.3 Å². The van der Waals surface area contributed by atoms with Crippen molar-refractivity contribution in [3.05, 3.63) is 64.3 Å². The number of hydrogen-bond donors (Lipinski definition) is 2. The SMILES string of the molecule is O=C1Nc2ccc(Cl)cc2/C1=C1/Nc2ccccc2/C1=N\OCCBr. The van der Waals surface area contributed by atoms with Gasteiger partial charge in [-0.2, -0.15) is 0 Å². The third kappa shape index (κ3) is 2.81. The lowest BCUT2D eigenvalue weighted by molar-refractivity contribution is -0.110. The van der Waals surface area contributed by atoms with Gasteiger partial charge in [0.15, 0.2) is 0 Å². The van der Waals surface area contributed by atoms with Gasteiger partial charge in [-0.25, -0.2) is 0 Å². The van der Waals surface area contributed by atoms with Crippen molar-refractivity contribution < 1.29 is 9.63 Å². The zero-order valence-corrected chi connectivity index (χ0v) is 15.3. The molecule has 1 amide bonds. The lowest BCUT2D eigenvalue weighted by Crippen LogP contribution is -2.13. The number of oxime groups is 1. The highest BCUT2D eigenvalue weighted by Crippen LogP contribution is 2.40. The number of anilines is 2. The monoisotopic (exact) mass is 417 g/mol. The predicted octanol–water partition coefficient (Wildman–Crippen LogP) is 4.24. The molecule has 0 saturated carbocycles. The molecule has 2 aliphatic rings. The Morgan fingerprint density at radius 2 is 1.88 bits per heavy atom. The number of nitrogens with zero attached hydrogens (tertiary/aromatic N) is 1. The maximum atomic E-state index is 12.6. The van der Waals surface area contributed by atoms with Crippen LogP contribution in [0.25, 0.3) is 5.57 Å². The van der Waals surface area contributed by atoms with E-state index in [9.17, 15) is 4.79 Å². The van der Waals surface area contributed by atoms with Crippen LogP contribution in [0.15, 0.2) is 53.3 Å². The quantitative estimate of drug-likeness (QED) is 0.339. The Bertz CT molecular complexity index is 940. The van der Waals surface area contributed by atoms with E-state index in [4.69, 9.17) is 16.4 Å². The van der Waals surface area contributed by atoms with Crippen molar-refractivity contribution in [1.82, 2.24) is 0 Å². The van der Waals surface area contributed by atoms with E-state index in [1.165, 1.54) is 0 Å². The van der Waals surface area contributed by atoms with Gasteiger partial charge in [0.2, 0.25) is 0 Å². The van der Waals surface area contributed by atoms with Crippen LogP contribution in [0.2, 0.25) is 5.02 Å². The number of halogens is 2. The molecule has 2 aromatic rings. The minimum absolute atomic E-state index is 0.194. The summed E-state index contributed by atoms with van der Waals surface area (Å²) in [6.45, 7) is 0.433. The minimum Gasteiger partial charge on any atom is -0.394 e. The van der Waals surface area contributed by atoms with E-state index in [1.54, 1.807) is 18.2 Å². The van der Waals surface area contributed by atoms with Gasteiger partial charge in [-0.15, -0.1) is 0 Å². The summed E-state index contributed by atoms with van der Waals surface area (Å²) in [5.41, 5.74) is 4.99. The van der Waals surface area contributed by atoms with E-state index < -0.39 is 0 Å². The highest BCUT2D eigenvalue weighted by Gasteiger charge is 2.34. The van der Waals surface area contributed by atoms with Crippen molar-refractivity contribution in [3.8, 4) is 0 Å². The third-order valence-corrected chi connectivity index (χ3v) is 4.54. The molecule has 25 heavy (non-hydrogen) atoms. The summed E-state index contributed by atoms with van der Waals surface area (Å²) in [5.74, 6) is -0.194. The Kier molecular flexibility index (Phi) is 4.23. The first-order chi connectivity index (χ1) is 12.2. The molecule has 0 radical (unpaired) electrons. The molecule has 5 nitrogen and oxygen atoms in total. The van der Waals surface area contributed by atoms with Crippen LogP contribution in [0.1, 0.15) is 11.1 Å². The molecule has 0 bridgehead atoms. The minimum atomic E-state index is -0.194. The van der Waals surface area contributed by atoms with E-state index in [2.05, 4.69) is 31.7 Å². The first-order valence-corrected chi connectivity index (χ1v) is 9.17. The number of amides is 1. The summed E-state index contributed by atoms with van der Waals surface area (Å²) in [5, 5.41) is 11.7. The molecule has 2 heterocycles. The van der Waals surface area contributed by atoms with Crippen LogP contribution in [0.5, 0.6) is 0 Å². The second kappa shape index (κ2) is 6.54. The number of alkyl halides is 1. The number of carbonyl (C=O) groups is 1. The fraction of sp³-hybridized carbons (Fsp3) is 0.111. The molecule has 7 heteroatoms. The Balaban J connectivity index is 1.89. The third-order valence-electron chi connectivity index (χ3n) is 3.98. The fourth-order valence-electron chi connectivity index (χ4n) is 2.94. The van der Waals surface area contributed by atoms with Crippen molar-refractivity contribution in [2.75, 3.05) is 22.6 Å². The number of para-hydroxylation sites is 1. The zero-order chi connectivity index (χ0) is 17.4. The van der Waals surface area contributed by atoms with Crippen molar-refractivity contribution >= 4 is 56.1 Å². The van der Waals surface area contributed by atoms with Gasteiger partial charge >= 0.3 is 0 Å². The van der Waals surface area contributed by atoms with Gasteiger partial charge in [-0.3, -0.25) is 4.79 Å². The van der Waals surface area contributed by atoms with Gasteiger partial charge in [0.25, 0.3) is 5.91 Å². The lowest BCUT2D eigenvalue weighted by atomic mass is 10.0. The molecule has 126 valence electrons. The average molecular weight is 419 g/mol. The molecule has 0 unspecified atom stereocenters. The molecule has 4 rings (SSSR count). The van der Waals surface area contributed by atoms with Crippen LogP contribution in [0, 0.1) is 0 Å². The van der Waals surface area contributed by atoms with E-state index in [0.717, 1.165) is 22.5 Å². The second-order valence-electron chi connectivity index (χ2n) is 5.53. The van der Waals surface area contributed by atoms with Crippen LogP contribution < -0.4 is 10.6 Å². The van der Waals surface area contributed by atoms with Crippen molar-refractivity contribution in [1.29, 1.82) is 0 Å². The number of fused-ring (bicyclic) bond motifs is 2. The molecule has 0 spiro atoms. The fourth-order valence-corrected chi connectivity index (χ4v) is 3.25. The second-order valence-corrected chi connectivity index (χ2v) is 6.76. The van der Waals surface area contributed by atoms with E-state index in [-0.39, 0.29) is 5.91 Å². The number of hydrogen-bond acceptors (Lipinski definition) is 4. The van der Waals surface area contributed by atoms with Gasteiger partial charge in [0.05, 0.1) is 11.3 Å². The Morgan fingerprint density at radius 3 is 2.72 bits per heavy atom. The summed E-state index contributed by atoms with van der Waals surface area (Å²) in [4.78, 5) is 18.0. The largest absolute Gasteiger partial charge is 0.394 e. The Hall–Kier alpha value is -2.31. The van der Waals surface area contributed by atoms with Gasteiger partial charge in [-0.1, -0.05) is 50.9 Å². The van der Waals surface area contributed by atoms with Gasteiger partial charge in [0.1, 0.15) is 12.3 Å². The van der Waals surface area contributed by atoms with E-state index in [0.29, 0.717) is 33.9 Å². The van der Waals surface area contributed by atoms with E-state index >= 15 is 0 Å². The number of nitrogens with one attached hydrogen (secondary N) is 2. The summed E-state index contributed by atoms with van der Waals surface area (Å²) in [7, 11) is 0. The molecule has 0 aliphatic carbocycles. The maximum absolute atomic E-state index is 12.6. The van der Waals surface area contributed by atoms with Crippen LogP contribution in [0.4, 0.5) is 11.4 Å². The number of allylic oxidation sites excluding steroid dienone is 1. The normalized spacial score (nSPS) is 19.4. The first kappa shape index (κ1) is 16.2. The summed E-state index contributed by atoms with van der Waals surface area (Å²) >= 11 is 9.44. The first-order valence-electron chi connectivity index (χ1n) is 7.67. The number of carbonyl (C=O) groups excluding carboxylic acids is 1. The van der Waals surface area contributed by atoms with Crippen molar-refractivity contribution in [2.24, 2.45) is 5.16 Å².